The third-order valence-corrected chi connectivity index (χ3v) is 2.65. The average molecular weight is 288 g/mol. The molecule has 0 aliphatic rings. The molecule has 0 aliphatic carbocycles. The Morgan fingerprint density at radius 1 is 1.00 bits per heavy atom. The number of nitrogen functional groups attached to an aromatic ring is 1. The maximum Gasteiger partial charge on any atom is 0.316 e. The number of nitrogens with one attached hydrogen (secondary N) is 2. The van der Waals surface area contributed by atoms with Crippen LogP contribution >= 0.6 is 0 Å². The number of halogens is 1. The van der Waals surface area contributed by atoms with Crippen molar-refractivity contribution >= 4 is 29.0 Å². The van der Waals surface area contributed by atoms with Crippen molar-refractivity contribution in [2.45, 2.75) is 0 Å². The Bertz CT molecular complexity index is 703. The van der Waals surface area contributed by atoms with Crippen LogP contribution in [0.25, 0.3) is 0 Å². The van der Waals surface area contributed by atoms with E-state index < -0.39 is 17.8 Å². The Morgan fingerprint density at radius 2 is 1.67 bits per heavy atom. The lowest BCUT2D eigenvalue weighted by Crippen LogP contribution is -2.19. The third-order valence-electron chi connectivity index (χ3n) is 2.65. The van der Waals surface area contributed by atoms with Crippen molar-refractivity contribution < 1.29 is 14.0 Å². The van der Waals surface area contributed by atoms with Crippen LogP contribution in [0.3, 0.4) is 0 Å². The number of anilines is 3. The predicted molar refractivity (Wildman–Crippen MR) is 78.4 cm³/mol. The molecule has 108 valence electrons. The van der Waals surface area contributed by atoms with Crippen molar-refractivity contribution in [3.8, 4) is 0 Å². The molecule has 6 N–H and O–H groups in total. The molecule has 0 spiro atoms. The van der Waals surface area contributed by atoms with Crippen LogP contribution in [0.15, 0.2) is 42.5 Å². The van der Waals surface area contributed by atoms with Gasteiger partial charge in [-0.05, 0) is 36.4 Å². The Labute approximate surface area is 119 Å². The van der Waals surface area contributed by atoms with Crippen molar-refractivity contribution in [3.63, 3.8) is 0 Å². The van der Waals surface area contributed by atoms with Gasteiger partial charge in [-0.3, -0.25) is 4.79 Å². The number of carbonyl (C=O) groups is 2. The van der Waals surface area contributed by atoms with Crippen LogP contribution in [0.4, 0.5) is 26.2 Å². The smallest absolute Gasteiger partial charge is 0.316 e. The highest BCUT2D eigenvalue weighted by Crippen LogP contribution is 2.18. The second-order valence-electron chi connectivity index (χ2n) is 4.26. The molecule has 0 heterocycles. The Morgan fingerprint density at radius 3 is 2.33 bits per heavy atom. The number of carbonyl (C=O) groups excluding carboxylic acids is 2. The van der Waals surface area contributed by atoms with E-state index in [1.807, 2.05) is 0 Å². The number of hydrogen-bond acceptors (Lipinski definition) is 3. The fraction of sp³-hybridized carbons (Fsp3) is 0. The molecule has 3 amide bonds. The lowest BCUT2D eigenvalue weighted by molar-refractivity contribution is 0.102. The van der Waals surface area contributed by atoms with Gasteiger partial charge in [0, 0.05) is 17.1 Å². The number of benzene rings is 2. The second-order valence-corrected chi connectivity index (χ2v) is 4.26. The van der Waals surface area contributed by atoms with Crippen LogP contribution in [-0.4, -0.2) is 11.9 Å². The lowest BCUT2D eigenvalue weighted by atomic mass is 10.1. The number of primary amides is 1. The number of hydrogen-bond donors (Lipinski definition) is 4. The zero-order valence-corrected chi connectivity index (χ0v) is 10.9. The molecule has 21 heavy (non-hydrogen) atoms. The first-order chi connectivity index (χ1) is 9.95. The van der Waals surface area contributed by atoms with Crippen LogP contribution in [0.5, 0.6) is 0 Å². The van der Waals surface area contributed by atoms with Crippen molar-refractivity contribution in [2.75, 3.05) is 16.4 Å². The number of nitrogens with two attached hydrogens (primary N) is 2. The van der Waals surface area contributed by atoms with Crippen molar-refractivity contribution in [3.05, 3.63) is 53.8 Å². The van der Waals surface area contributed by atoms with E-state index in [4.69, 9.17) is 11.5 Å². The van der Waals surface area contributed by atoms with Gasteiger partial charge in [-0.1, -0.05) is 6.07 Å². The van der Waals surface area contributed by atoms with Gasteiger partial charge < -0.3 is 22.1 Å². The molecule has 2 aromatic carbocycles. The summed E-state index contributed by atoms with van der Waals surface area (Å²) >= 11 is 0. The molecule has 0 fully saturated rings. The monoisotopic (exact) mass is 288 g/mol. The molecule has 0 aromatic heterocycles. The zero-order valence-electron chi connectivity index (χ0n) is 10.9. The summed E-state index contributed by atoms with van der Waals surface area (Å²) in [5, 5.41) is 4.94. The molecule has 2 rings (SSSR count). The summed E-state index contributed by atoms with van der Waals surface area (Å²) in [6.07, 6.45) is 0. The molecular weight excluding hydrogens is 275 g/mol. The van der Waals surface area contributed by atoms with E-state index in [0.717, 1.165) is 6.07 Å². The van der Waals surface area contributed by atoms with Gasteiger partial charge in [0.05, 0.1) is 5.56 Å². The largest absolute Gasteiger partial charge is 0.398 e. The van der Waals surface area contributed by atoms with Crippen LogP contribution in [0.1, 0.15) is 10.4 Å². The summed E-state index contributed by atoms with van der Waals surface area (Å²) in [6.45, 7) is 0. The summed E-state index contributed by atoms with van der Waals surface area (Å²) in [7, 11) is 0. The number of rotatable bonds is 3. The van der Waals surface area contributed by atoms with E-state index in [1.165, 1.54) is 18.2 Å². The van der Waals surface area contributed by atoms with Gasteiger partial charge in [0.25, 0.3) is 5.91 Å². The highest BCUT2D eigenvalue weighted by atomic mass is 19.1. The summed E-state index contributed by atoms with van der Waals surface area (Å²) in [6, 6.07) is 9.17. The van der Waals surface area contributed by atoms with Gasteiger partial charge in [0.1, 0.15) is 5.82 Å². The normalized spacial score (nSPS) is 9.95. The molecular formula is C14H13FN4O2. The standard InChI is InChI=1S/C14H13FN4O2/c15-8-4-5-12(16)11(6-8)13(20)18-9-2-1-3-10(7-9)19-14(17)21/h1-7H,16H2,(H,18,20)(H3,17,19,21). The van der Waals surface area contributed by atoms with Crippen molar-refractivity contribution in [1.82, 2.24) is 0 Å². The molecule has 0 radical (unpaired) electrons. The maximum absolute atomic E-state index is 13.2. The SMILES string of the molecule is NC(=O)Nc1cccc(NC(=O)c2cc(F)ccc2N)c1. The molecule has 6 nitrogen and oxygen atoms in total. The fourth-order valence-corrected chi connectivity index (χ4v) is 1.74. The predicted octanol–water partition coefficient (Wildman–Crippen LogP) is 2.15. The Kier molecular flexibility index (Phi) is 4.03. The van der Waals surface area contributed by atoms with Gasteiger partial charge in [0.2, 0.25) is 0 Å². The van der Waals surface area contributed by atoms with E-state index in [0.29, 0.717) is 11.4 Å². The minimum Gasteiger partial charge on any atom is -0.398 e. The maximum atomic E-state index is 13.2. The van der Waals surface area contributed by atoms with E-state index in [1.54, 1.807) is 18.2 Å². The Hall–Kier alpha value is -3.09. The molecule has 0 unspecified atom stereocenters. The van der Waals surface area contributed by atoms with Gasteiger partial charge in [-0.2, -0.15) is 0 Å². The molecule has 2 aromatic rings. The number of urea groups is 1. The quantitative estimate of drug-likeness (QED) is 0.649. The second kappa shape index (κ2) is 5.91. The molecule has 0 aliphatic heterocycles. The minimum atomic E-state index is -0.715. The van der Waals surface area contributed by atoms with Crippen molar-refractivity contribution in [2.24, 2.45) is 5.73 Å². The van der Waals surface area contributed by atoms with E-state index in [2.05, 4.69) is 10.6 Å². The fourth-order valence-electron chi connectivity index (χ4n) is 1.74. The van der Waals surface area contributed by atoms with E-state index >= 15 is 0 Å². The summed E-state index contributed by atoms with van der Waals surface area (Å²) in [5.41, 5.74) is 11.7. The minimum absolute atomic E-state index is 0.0308. The molecule has 0 saturated carbocycles. The van der Waals surface area contributed by atoms with Gasteiger partial charge in [0.15, 0.2) is 0 Å². The molecule has 0 atom stereocenters. The third kappa shape index (κ3) is 3.69. The van der Waals surface area contributed by atoms with Crippen LogP contribution < -0.4 is 22.1 Å². The van der Waals surface area contributed by atoms with Gasteiger partial charge >= 0.3 is 6.03 Å². The summed E-state index contributed by atoms with van der Waals surface area (Å²) in [4.78, 5) is 22.8. The lowest BCUT2D eigenvalue weighted by Gasteiger charge is -2.09. The first kappa shape index (κ1) is 14.3. The molecule has 0 bridgehead atoms. The summed E-state index contributed by atoms with van der Waals surface area (Å²) in [5.74, 6) is -1.11. The Balaban J connectivity index is 2.19. The average Bonchev–Trinajstić information content (AvgIpc) is 2.41. The van der Waals surface area contributed by atoms with Crippen LogP contribution in [0.2, 0.25) is 0 Å². The first-order valence-corrected chi connectivity index (χ1v) is 5.98. The van der Waals surface area contributed by atoms with E-state index in [-0.39, 0.29) is 11.3 Å². The van der Waals surface area contributed by atoms with E-state index in [9.17, 15) is 14.0 Å². The topological polar surface area (TPSA) is 110 Å². The molecule has 0 saturated heterocycles. The summed E-state index contributed by atoms with van der Waals surface area (Å²) < 4.78 is 13.2. The van der Waals surface area contributed by atoms with Crippen LogP contribution in [0, 0.1) is 5.82 Å². The molecule has 7 heteroatoms. The highest BCUT2D eigenvalue weighted by molar-refractivity contribution is 6.08. The van der Waals surface area contributed by atoms with Crippen molar-refractivity contribution in [1.29, 1.82) is 0 Å². The first-order valence-electron chi connectivity index (χ1n) is 5.98. The highest BCUT2D eigenvalue weighted by Gasteiger charge is 2.11. The van der Waals surface area contributed by atoms with Crippen LogP contribution in [-0.2, 0) is 0 Å². The zero-order chi connectivity index (χ0) is 15.4. The number of amides is 3. The van der Waals surface area contributed by atoms with Gasteiger partial charge in [-0.25, -0.2) is 9.18 Å². The van der Waals surface area contributed by atoms with Gasteiger partial charge in [-0.15, -0.1) is 0 Å².